The summed E-state index contributed by atoms with van der Waals surface area (Å²) >= 11 is 0. The molecule has 1 aliphatic rings. The Morgan fingerprint density at radius 3 is 2.25 bits per heavy atom. The lowest BCUT2D eigenvalue weighted by atomic mass is 9.88. The van der Waals surface area contributed by atoms with Gasteiger partial charge in [0.05, 0.1) is 0 Å². The second kappa shape index (κ2) is 5.49. The Labute approximate surface area is 120 Å². The molecular formula is C18H19NO. The van der Waals surface area contributed by atoms with E-state index in [0.29, 0.717) is 12.3 Å². The van der Waals surface area contributed by atoms with Crippen LogP contribution < -0.4 is 0 Å². The molecule has 1 aliphatic heterocycles. The molecule has 2 unspecified atom stereocenters. The van der Waals surface area contributed by atoms with Crippen LogP contribution in [0, 0.1) is 0 Å². The molecule has 2 aromatic carbocycles. The second-order valence-corrected chi connectivity index (χ2v) is 5.48. The molecule has 102 valence electrons. The van der Waals surface area contributed by atoms with E-state index in [0.717, 1.165) is 6.42 Å². The Morgan fingerprint density at radius 2 is 1.60 bits per heavy atom. The van der Waals surface area contributed by atoms with E-state index < -0.39 is 0 Å². The third-order valence-electron chi connectivity index (χ3n) is 4.27. The average Bonchev–Trinajstić information content (AvgIpc) is 2.78. The van der Waals surface area contributed by atoms with E-state index in [1.165, 1.54) is 11.1 Å². The molecule has 3 rings (SSSR count). The summed E-state index contributed by atoms with van der Waals surface area (Å²) in [5.74, 6) is 0.550. The van der Waals surface area contributed by atoms with Crippen LogP contribution in [0.2, 0.25) is 0 Å². The van der Waals surface area contributed by atoms with Crippen molar-refractivity contribution in [3.8, 4) is 0 Å². The maximum atomic E-state index is 12.1. The van der Waals surface area contributed by atoms with Crippen LogP contribution in [0.3, 0.4) is 0 Å². The van der Waals surface area contributed by atoms with E-state index in [1.54, 1.807) is 0 Å². The van der Waals surface area contributed by atoms with Crippen LogP contribution >= 0.6 is 0 Å². The zero-order valence-electron chi connectivity index (χ0n) is 11.7. The minimum absolute atomic E-state index is 0.250. The van der Waals surface area contributed by atoms with Gasteiger partial charge in [0, 0.05) is 25.4 Å². The molecular weight excluding hydrogens is 246 g/mol. The number of hydrogen-bond donors (Lipinski definition) is 0. The third-order valence-corrected chi connectivity index (χ3v) is 4.27. The van der Waals surface area contributed by atoms with Gasteiger partial charge in [0.1, 0.15) is 0 Å². The van der Waals surface area contributed by atoms with Gasteiger partial charge in [-0.25, -0.2) is 0 Å². The molecule has 2 aromatic rings. The highest BCUT2D eigenvalue weighted by Crippen LogP contribution is 2.35. The molecule has 0 saturated carbocycles. The summed E-state index contributed by atoms with van der Waals surface area (Å²) in [7, 11) is 1.93. The van der Waals surface area contributed by atoms with Crippen molar-refractivity contribution in [2.45, 2.75) is 24.8 Å². The van der Waals surface area contributed by atoms with Gasteiger partial charge in [0.15, 0.2) is 0 Å². The average molecular weight is 265 g/mol. The highest BCUT2D eigenvalue weighted by molar-refractivity contribution is 5.80. The molecule has 0 aliphatic carbocycles. The van der Waals surface area contributed by atoms with Gasteiger partial charge >= 0.3 is 0 Å². The Bertz CT molecular complexity index is 579. The Balaban J connectivity index is 1.87. The summed E-state index contributed by atoms with van der Waals surface area (Å²) in [6.45, 7) is 0. The minimum atomic E-state index is 0.250. The number of hydrogen-bond acceptors (Lipinski definition) is 1. The summed E-state index contributed by atoms with van der Waals surface area (Å²) in [6.07, 6.45) is 1.54. The van der Waals surface area contributed by atoms with Gasteiger partial charge in [-0.15, -0.1) is 0 Å². The van der Waals surface area contributed by atoms with Crippen LogP contribution in [-0.2, 0) is 11.2 Å². The molecule has 1 saturated heterocycles. The lowest BCUT2D eigenvalue weighted by molar-refractivity contribution is -0.127. The largest absolute Gasteiger partial charge is 0.342 e. The number of benzene rings is 2. The Hall–Kier alpha value is -2.09. The molecule has 1 fully saturated rings. The predicted octanol–water partition coefficient (Wildman–Crippen LogP) is 3.24. The van der Waals surface area contributed by atoms with Crippen molar-refractivity contribution < 1.29 is 4.79 Å². The SMILES string of the molecule is CN1C(=O)CC(c2ccccc2)C1Cc1ccccc1. The summed E-state index contributed by atoms with van der Waals surface area (Å²) < 4.78 is 0. The van der Waals surface area contributed by atoms with Gasteiger partial charge in [-0.3, -0.25) is 4.79 Å². The zero-order valence-corrected chi connectivity index (χ0v) is 11.7. The van der Waals surface area contributed by atoms with E-state index in [9.17, 15) is 4.79 Å². The number of carbonyl (C=O) groups is 1. The van der Waals surface area contributed by atoms with Crippen molar-refractivity contribution in [2.24, 2.45) is 0 Å². The van der Waals surface area contributed by atoms with Gasteiger partial charge in [0.2, 0.25) is 5.91 Å². The van der Waals surface area contributed by atoms with E-state index in [-0.39, 0.29) is 11.9 Å². The van der Waals surface area contributed by atoms with Gasteiger partial charge in [-0.2, -0.15) is 0 Å². The van der Waals surface area contributed by atoms with Crippen molar-refractivity contribution in [2.75, 3.05) is 7.05 Å². The van der Waals surface area contributed by atoms with Crippen molar-refractivity contribution in [1.29, 1.82) is 0 Å². The first-order valence-corrected chi connectivity index (χ1v) is 7.10. The first-order valence-electron chi connectivity index (χ1n) is 7.10. The lowest BCUT2D eigenvalue weighted by Gasteiger charge is -2.25. The van der Waals surface area contributed by atoms with Gasteiger partial charge < -0.3 is 4.90 Å². The molecule has 0 spiro atoms. The van der Waals surface area contributed by atoms with Crippen molar-refractivity contribution >= 4 is 5.91 Å². The van der Waals surface area contributed by atoms with Gasteiger partial charge in [-0.05, 0) is 17.5 Å². The molecule has 2 heteroatoms. The number of likely N-dealkylation sites (N-methyl/N-ethyl adjacent to an activating group) is 1. The number of likely N-dealkylation sites (tertiary alicyclic amines) is 1. The molecule has 0 aromatic heterocycles. The fourth-order valence-corrected chi connectivity index (χ4v) is 3.10. The van der Waals surface area contributed by atoms with Crippen LogP contribution in [-0.4, -0.2) is 23.9 Å². The lowest BCUT2D eigenvalue weighted by Crippen LogP contribution is -2.32. The monoisotopic (exact) mass is 265 g/mol. The van der Waals surface area contributed by atoms with Gasteiger partial charge in [-0.1, -0.05) is 60.7 Å². The highest BCUT2D eigenvalue weighted by Gasteiger charge is 2.37. The zero-order chi connectivity index (χ0) is 13.9. The van der Waals surface area contributed by atoms with Crippen LogP contribution in [0.4, 0.5) is 0 Å². The molecule has 2 nitrogen and oxygen atoms in total. The van der Waals surface area contributed by atoms with Crippen LogP contribution in [0.25, 0.3) is 0 Å². The molecule has 0 bridgehead atoms. The number of rotatable bonds is 3. The first kappa shape index (κ1) is 12.9. The van der Waals surface area contributed by atoms with Crippen LogP contribution in [0.15, 0.2) is 60.7 Å². The number of amides is 1. The molecule has 0 N–H and O–H groups in total. The van der Waals surface area contributed by atoms with E-state index in [2.05, 4.69) is 48.5 Å². The van der Waals surface area contributed by atoms with Crippen molar-refractivity contribution in [1.82, 2.24) is 4.90 Å². The fraction of sp³-hybridized carbons (Fsp3) is 0.278. The van der Waals surface area contributed by atoms with Crippen LogP contribution in [0.5, 0.6) is 0 Å². The second-order valence-electron chi connectivity index (χ2n) is 5.48. The Morgan fingerprint density at radius 1 is 1.00 bits per heavy atom. The molecule has 0 radical (unpaired) electrons. The number of carbonyl (C=O) groups excluding carboxylic acids is 1. The highest BCUT2D eigenvalue weighted by atomic mass is 16.2. The summed E-state index contributed by atoms with van der Waals surface area (Å²) in [6, 6.07) is 21.1. The van der Waals surface area contributed by atoms with E-state index in [1.807, 2.05) is 24.1 Å². The summed E-state index contributed by atoms with van der Waals surface area (Å²) in [5, 5.41) is 0. The van der Waals surface area contributed by atoms with Crippen LogP contribution in [0.1, 0.15) is 23.5 Å². The third kappa shape index (κ3) is 2.46. The Kier molecular flexibility index (Phi) is 3.55. The molecule has 20 heavy (non-hydrogen) atoms. The fourth-order valence-electron chi connectivity index (χ4n) is 3.10. The molecule has 1 heterocycles. The summed E-state index contributed by atoms with van der Waals surface area (Å²) in [4.78, 5) is 14.0. The molecule has 1 amide bonds. The normalized spacial score (nSPS) is 22.2. The van der Waals surface area contributed by atoms with Crippen molar-refractivity contribution in [3.63, 3.8) is 0 Å². The standard InChI is InChI=1S/C18H19NO/c1-19-17(12-14-8-4-2-5-9-14)16(13-18(19)20)15-10-6-3-7-11-15/h2-11,16-17H,12-13H2,1H3. The maximum absolute atomic E-state index is 12.1. The first-order chi connectivity index (χ1) is 9.75. The minimum Gasteiger partial charge on any atom is -0.342 e. The van der Waals surface area contributed by atoms with E-state index in [4.69, 9.17) is 0 Å². The maximum Gasteiger partial charge on any atom is 0.223 e. The topological polar surface area (TPSA) is 20.3 Å². The van der Waals surface area contributed by atoms with Crippen molar-refractivity contribution in [3.05, 3.63) is 71.8 Å². The smallest absolute Gasteiger partial charge is 0.223 e. The predicted molar refractivity (Wildman–Crippen MR) is 80.5 cm³/mol. The van der Waals surface area contributed by atoms with Gasteiger partial charge in [0.25, 0.3) is 0 Å². The molecule has 2 atom stereocenters. The quantitative estimate of drug-likeness (QED) is 0.834. The number of nitrogens with zero attached hydrogens (tertiary/aromatic N) is 1. The summed E-state index contributed by atoms with van der Waals surface area (Å²) in [5.41, 5.74) is 2.56. The van der Waals surface area contributed by atoms with E-state index >= 15 is 0 Å².